The van der Waals surface area contributed by atoms with Gasteiger partial charge in [0.15, 0.2) is 0 Å². The first-order chi connectivity index (χ1) is 32.9. The van der Waals surface area contributed by atoms with E-state index in [1.165, 1.54) is 9.80 Å². The van der Waals surface area contributed by atoms with Gasteiger partial charge in [0.25, 0.3) is 11.8 Å². The molecule has 0 aliphatic carbocycles. The molecule has 0 saturated carbocycles. The number of hydrogen-bond donors (Lipinski definition) is 6. The van der Waals surface area contributed by atoms with E-state index < -0.39 is 29.3 Å². The van der Waals surface area contributed by atoms with Gasteiger partial charge in [-0.15, -0.1) is 0 Å². The zero-order valence-corrected chi connectivity index (χ0v) is 38.1. The first-order valence-corrected chi connectivity index (χ1v) is 22.7. The van der Waals surface area contributed by atoms with E-state index in [-0.39, 0.29) is 134 Å². The van der Waals surface area contributed by atoms with Crippen molar-refractivity contribution in [2.24, 2.45) is 10.5 Å². The summed E-state index contributed by atoms with van der Waals surface area (Å²) >= 11 is 0. The number of rotatable bonds is 28. The predicted molar refractivity (Wildman–Crippen MR) is 243 cm³/mol. The number of carbonyl (C=O) groups excluding carboxylic acids is 8. The maximum atomic E-state index is 13.1. The Bertz CT molecular complexity index is 2120. The van der Waals surface area contributed by atoms with E-state index in [2.05, 4.69) is 41.9 Å². The van der Waals surface area contributed by atoms with Crippen molar-refractivity contribution in [1.29, 1.82) is 0 Å². The molecule has 6 rings (SSSR count). The van der Waals surface area contributed by atoms with Gasteiger partial charge < -0.3 is 50.0 Å². The van der Waals surface area contributed by atoms with Gasteiger partial charge >= 0.3 is 0 Å². The lowest BCUT2D eigenvalue weighted by Crippen LogP contribution is -2.52. The Balaban J connectivity index is 0.876. The number of ether oxygens (including phenoxy) is 4. The van der Waals surface area contributed by atoms with Crippen molar-refractivity contribution < 1.29 is 57.3 Å². The van der Waals surface area contributed by atoms with Crippen LogP contribution >= 0.6 is 0 Å². The normalized spacial score (nSPS) is 18.5. The van der Waals surface area contributed by atoms with Crippen molar-refractivity contribution in [3.8, 4) is 0 Å². The zero-order valence-electron chi connectivity index (χ0n) is 38.1. The second kappa shape index (κ2) is 24.9. The fourth-order valence-corrected chi connectivity index (χ4v) is 8.28. The summed E-state index contributed by atoms with van der Waals surface area (Å²) in [5.41, 5.74) is 11.7. The molecular weight excluding hydrogens is 887 g/mol. The molecule has 2 saturated heterocycles. The highest BCUT2D eigenvalue weighted by atomic mass is 16.5. The minimum absolute atomic E-state index is 0.0702. The number of benzene rings is 2. The topological polar surface area (TPSA) is 301 Å². The minimum Gasteiger partial charge on any atom is -0.385 e. The molecule has 23 nitrogen and oxygen atoms in total. The number of piperidine rings is 2. The van der Waals surface area contributed by atoms with Gasteiger partial charge in [-0.25, -0.2) is 0 Å². The molecule has 0 spiro atoms. The number of fused-ring (bicyclic) bond motifs is 2. The van der Waals surface area contributed by atoms with Gasteiger partial charge in [-0.1, -0.05) is 24.2 Å². The lowest BCUT2D eigenvalue weighted by atomic mass is 9.94. The Hall–Kier alpha value is -6.65. The smallest absolute Gasteiger partial charge is 0.255 e. The molecule has 8 amide bonds. The van der Waals surface area contributed by atoms with Crippen LogP contribution in [0.2, 0.25) is 0 Å². The van der Waals surface area contributed by atoms with Gasteiger partial charge in [-0.2, -0.15) is 0 Å². The van der Waals surface area contributed by atoms with E-state index in [1.54, 1.807) is 24.3 Å². The van der Waals surface area contributed by atoms with Gasteiger partial charge in [0.2, 0.25) is 35.4 Å². The van der Waals surface area contributed by atoms with Crippen molar-refractivity contribution in [3.63, 3.8) is 0 Å². The summed E-state index contributed by atoms with van der Waals surface area (Å²) in [5, 5.41) is 20.4. The van der Waals surface area contributed by atoms with Crippen LogP contribution in [0.1, 0.15) is 77.3 Å². The van der Waals surface area contributed by atoms with Crippen LogP contribution in [0.5, 0.6) is 0 Å². The van der Waals surface area contributed by atoms with Crippen LogP contribution in [0.3, 0.4) is 0 Å². The molecule has 2 aromatic rings. The first-order valence-electron chi connectivity index (χ1n) is 22.7. The lowest BCUT2D eigenvalue weighted by molar-refractivity contribution is -0.138. The third kappa shape index (κ3) is 14.0. The Morgan fingerprint density at radius 3 is 1.63 bits per heavy atom. The van der Waals surface area contributed by atoms with Crippen LogP contribution in [-0.2, 0) is 60.8 Å². The summed E-state index contributed by atoms with van der Waals surface area (Å²) in [6.07, 6.45) is 2.03. The highest BCUT2D eigenvalue weighted by Gasteiger charge is 2.41. The number of hydrogen-bond acceptors (Lipinski definition) is 15. The molecule has 23 heteroatoms. The molecule has 4 aliphatic rings. The summed E-state index contributed by atoms with van der Waals surface area (Å²) in [5.74, 6) is -2.81. The molecule has 4 aliphatic heterocycles. The van der Waals surface area contributed by atoms with E-state index in [9.17, 15) is 38.4 Å². The number of anilines is 2. The molecule has 0 radical (unpaired) electrons. The standard InChI is InChI=1S/C45H59N11O12/c1-45(26-66-21-20-65-19-18-51-54-46,27-67-24-39(59)49-16-4-14-47-33-8-2-6-29-31(33)22-55(43(29)63)35-10-12-37(57)52-41(35)61)28-68-25-40(60)50-17-5-15-48-34-9-3-7-30-32(34)23-56(44(30)64)36-11-13-38(58)53-42(36)62/h2-3,6-9,35-36,47-48H,4-5,10-28H2,1H3,(H,49,59)(H,50,60)(H,52,57,61)(H,53,58,62). The Kier molecular flexibility index (Phi) is 18.6. The van der Waals surface area contributed by atoms with Crippen molar-refractivity contribution >= 4 is 58.6 Å². The first kappa shape index (κ1) is 50.8. The average Bonchev–Trinajstić information content (AvgIpc) is 3.83. The quantitative estimate of drug-likeness (QED) is 0.0229. The van der Waals surface area contributed by atoms with Crippen molar-refractivity contribution in [1.82, 2.24) is 31.1 Å². The fraction of sp³-hybridized carbons (Fsp3) is 0.556. The van der Waals surface area contributed by atoms with Gasteiger partial charge in [-0.3, -0.25) is 49.0 Å². The van der Waals surface area contributed by atoms with Crippen LogP contribution in [0.15, 0.2) is 41.5 Å². The van der Waals surface area contributed by atoms with Gasteiger partial charge in [0.05, 0.1) is 39.6 Å². The molecule has 0 aromatic heterocycles. The fourth-order valence-electron chi connectivity index (χ4n) is 8.28. The summed E-state index contributed by atoms with van der Waals surface area (Å²) in [6.45, 7) is 4.77. The van der Waals surface area contributed by atoms with E-state index in [4.69, 9.17) is 24.5 Å². The predicted octanol–water partition coefficient (Wildman–Crippen LogP) is 1.13. The SMILES string of the molecule is CC(COCCOCCN=[N+]=[N-])(COCC(=O)NCCCNc1cccc2c1CN(C1CCC(=O)NC1=O)C2=O)COCC(=O)NCCCNc1cccc2c1CN(C1CCC(=O)NC1=O)C2=O. The molecule has 6 N–H and O–H groups in total. The summed E-state index contributed by atoms with van der Waals surface area (Å²) in [6, 6.07) is 9.26. The summed E-state index contributed by atoms with van der Waals surface area (Å²) in [4.78, 5) is 106. The molecule has 68 heavy (non-hydrogen) atoms. The average molecular weight is 946 g/mol. The molecule has 2 aromatic carbocycles. The molecule has 2 unspecified atom stereocenters. The third-order valence-electron chi connectivity index (χ3n) is 11.7. The summed E-state index contributed by atoms with van der Waals surface area (Å²) < 4.78 is 22.8. The van der Waals surface area contributed by atoms with E-state index in [0.29, 0.717) is 50.1 Å². The second-order valence-corrected chi connectivity index (χ2v) is 17.1. The number of nitrogens with one attached hydrogen (secondary N) is 6. The Morgan fingerprint density at radius 1 is 0.691 bits per heavy atom. The van der Waals surface area contributed by atoms with Crippen LogP contribution < -0.4 is 31.9 Å². The number of imide groups is 2. The maximum absolute atomic E-state index is 13.1. The highest BCUT2D eigenvalue weighted by Crippen LogP contribution is 2.34. The van der Waals surface area contributed by atoms with Crippen LogP contribution in [0.25, 0.3) is 10.4 Å². The van der Waals surface area contributed by atoms with Gasteiger partial charge in [0, 0.05) is 103 Å². The summed E-state index contributed by atoms with van der Waals surface area (Å²) in [7, 11) is 0. The molecular formula is C45H59N11O12. The van der Waals surface area contributed by atoms with Crippen molar-refractivity contribution in [2.75, 3.05) is 96.2 Å². The number of amides is 8. The third-order valence-corrected chi connectivity index (χ3v) is 11.7. The van der Waals surface area contributed by atoms with Crippen LogP contribution in [0, 0.1) is 5.41 Å². The molecule has 0 bridgehead atoms. The van der Waals surface area contributed by atoms with E-state index in [1.807, 2.05) is 19.1 Å². The maximum Gasteiger partial charge on any atom is 0.255 e. The van der Waals surface area contributed by atoms with E-state index >= 15 is 0 Å². The minimum atomic E-state index is -0.754. The largest absolute Gasteiger partial charge is 0.385 e. The van der Waals surface area contributed by atoms with Crippen LogP contribution in [0.4, 0.5) is 11.4 Å². The number of carbonyl (C=O) groups is 8. The molecule has 2 atom stereocenters. The number of azide groups is 1. The number of nitrogens with zero attached hydrogens (tertiary/aromatic N) is 5. The van der Waals surface area contributed by atoms with Gasteiger partial charge in [-0.05, 0) is 55.5 Å². The Morgan fingerprint density at radius 2 is 1.16 bits per heavy atom. The monoisotopic (exact) mass is 945 g/mol. The Labute approximate surface area is 392 Å². The highest BCUT2D eigenvalue weighted by molar-refractivity contribution is 6.07. The van der Waals surface area contributed by atoms with Crippen molar-refractivity contribution in [3.05, 3.63) is 69.1 Å². The van der Waals surface area contributed by atoms with Crippen molar-refractivity contribution in [2.45, 2.75) is 70.6 Å². The van der Waals surface area contributed by atoms with E-state index in [0.717, 1.165) is 22.5 Å². The zero-order chi connectivity index (χ0) is 48.5. The second-order valence-electron chi connectivity index (χ2n) is 17.1. The molecule has 366 valence electrons. The lowest BCUT2D eigenvalue weighted by Gasteiger charge is -2.29. The molecule has 2 fully saturated rings. The van der Waals surface area contributed by atoms with Gasteiger partial charge in [0.1, 0.15) is 25.3 Å². The molecule has 4 heterocycles. The van der Waals surface area contributed by atoms with Crippen LogP contribution in [-0.4, -0.2) is 155 Å².